The molecule has 3 rings (SSSR count). The molecule has 1 unspecified atom stereocenters. The predicted molar refractivity (Wildman–Crippen MR) is 113 cm³/mol. The van der Waals surface area contributed by atoms with Crippen LogP contribution in [-0.4, -0.2) is 42.8 Å². The van der Waals surface area contributed by atoms with Crippen molar-refractivity contribution in [2.45, 2.75) is 25.7 Å². The molecule has 2 amide bonds. The van der Waals surface area contributed by atoms with Crippen molar-refractivity contribution in [1.82, 2.24) is 10.8 Å². The van der Waals surface area contributed by atoms with E-state index in [9.17, 15) is 14.4 Å². The number of carboxylic acids is 1. The third-order valence-electron chi connectivity index (χ3n) is 5.31. The summed E-state index contributed by atoms with van der Waals surface area (Å²) in [6.07, 6.45) is 0.207. The fraction of sp³-hybridized carbons (Fsp3) is 0.348. The number of aliphatic carboxylic acids is 1. The minimum absolute atomic E-state index is 0.0164. The molecular formula is C23H26N2O6. The molecule has 8 heteroatoms. The number of carbonyl (C=O) groups excluding carboxylic acids is 2. The summed E-state index contributed by atoms with van der Waals surface area (Å²) < 4.78 is 5.49. The molecular weight excluding hydrogens is 400 g/mol. The number of rotatable bonds is 10. The van der Waals surface area contributed by atoms with Gasteiger partial charge in [0.1, 0.15) is 6.61 Å². The maximum atomic E-state index is 12.3. The maximum absolute atomic E-state index is 12.3. The van der Waals surface area contributed by atoms with Gasteiger partial charge in [0.05, 0.1) is 0 Å². The monoisotopic (exact) mass is 426 g/mol. The standard InChI is InChI=1S/C23H26N2O6/c1-2-15(11-21(26)25-31-14-22(27)28)12-24-23(29)30-13-20-18-9-5-3-7-16(18)17-8-4-6-10-19(17)20/h3-10,15,20H,2,11-14H2,1H3,(H,24,29)(H,25,26)(H,27,28). The van der Waals surface area contributed by atoms with E-state index in [2.05, 4.69) is 39.9 Å². The predicted octanol–water partition coefficient (Wildman–Crippen LogP) is 3.07. The van der Waals surface area contributed by atoms with Crippen molar-refractivity contribution in [3.8, 4) is 11.1 Å². The Bertz CT molecular complexity index is 900. The lowest BCUT2D eigenvalue weighted by Crippen LogP contribution is -2.34. The molecule has 31 heavy (non-hydrogen) atoms. The summed E-state index contributed by atoms with van der Waals surface area (Å²) in [6, 6.07) is 16.2. The third-order valence-corrected chi connectivity index (χ3v) is 5.31. The van der Waals surface area contributed by atoms with Gasteiger partial charge in [-0.25, -0.2) is 15.1 Å². The van der Waals surface area contributed by atoms with Crippen LogP contribution in [-0.2, 0) is 19.2 Å². The quantitative estimate of drug-likeness (QED) is 0.503. The SMILES string of the molecule is CCC(CNC(=O)OCC1c2ccccc2-c2ccccc21)CC(=O)NOCC(=O)O. The van der Waals surface area contributed by atoms with Gasteiger partial charge in [0.2, 0.25) is 5.91 Å². The second-order valence-electron chi connectivity index (χ2n) is 7.39. The van der Waals surface area contributed by atoms with Crippen LogP contribution in [0.2, 0.25) is 0 Å². The Kier molecular flexibility index (Phi) is 7.61. The molecule has 0 aromatic heterocycles. The van der Waals surface area contributed by atoms with Gasteiger partial charge in [0.15, 0.2) is 6.61 Å². The first kappa shape index (κ1) is 22.3. The van der Waals surface area contributed by atoms with Crippen molar-refractivity contribution in [2.24, 2.45) is 5.92 Å². The Hall–Kier alpha value is -3.39. The Morgan fingerprint density at radius 1 is 1.03 bits per heavy atom. The van der Waals surface area contributed by atoms with Crippen LogP contribution >= 0.6 is 0 Å². The Balaban J connectivity index is 1.48. The summed E-state index contributed by atoms with van der Waals surface area (Å²) >= 11 is 0. The number of hydrogen-bond acceptors (Lipinski definition) is 5. The van der Waals surface area contributed by atoms with E-state index in [1.165, 1.54) is 0 Å². The number of carboxylic acid groups (broad SMARTS) is 1. The van der Waals surface area contributed by atoms with Gasteiger partial charge in [-0.3, -0.25) is 9.63 Å². The highest BCUT2D eigenvalue weighted by Gasteiger charge is 2.29. The van der Waals surface area contributed by atoms with Crippen molar-refractivity contribution >= 4 is 18.0 Å². The van der Waals surface area contributed by atoms with Crippen LogP contribution < -0.4 is 10.8 Å². The molecule has 2 aromatic carbocycles. The van der Waals surface area contributed by atoms with Gasteiger partial charge >= 0.3 is 12.1 Å². The minimum atomic E-state index is -1.18. The van der Waals surface area contributed by atoms with E-state index in [1.807, 2.05) is 31.2 Å². The van der Waals surface area contributed by atoms with Crippen LogP contribution in [0.1, 0.15) is 36.8 Å². The smallest absolute Gasteiger partial charge is 0.407 e. The van der Waals surface area contributed by atoms with Crippen LogP contribution in [0.3, 0.4) is 0 Å². The average molecular weight is 426 g/mol. The molecule has 0 bridgehead atoms. The molecule has 0 aliphatic heterocycles. The second-order valence-corrected chi connectivity index (χ2v) is 7.39. The van der Waals surface area contributed by atoms with Gasteiger partial charge < -0.3 is 15.2 Å². The number of hydrogen-bond donors (Lipinski definition) is 3. The molecule has 164 valence electrons. The first-order chi connectivity index (χ1) is 15.0. The van der Waals surface area contributed by atoms with E-state index < -0.39 is 24.6 Å². The molecule has 1 aliphatic carbocycles. The van der Waals surface area contributed by atoms with Crippen LogP contribution in [0.4, 0.5) is 4.79 Å². The lowest BCUT2D eigenvalue weighted by atomic mass is 9.98. The molecule has 0 fully saturated rings. The summed E-state index contributed by atoms with van der Waals surface area (Å²) in [5, 5.41) is 11.2. The topological polar surface area (TPSA) is 114 Å². The summed E-state index contributed by atoms with van der Waals surface area (Å²) in [5.74, 6) is -1.77. The number of benzene rings is 2. The normalized spacial score (nSPS) is 13.1. The number of nitrogens with one attached hydrogen (secondary N) is 2. The Morgan fingerprint density at radius 2 is 1.65 bits per heavy atom. The van der Waals surface area contributed by atoms with Crippen LogP contribution in [0.15, 0.2) is 48.5 Å². The van der Waals surface area contributed by atoms with E-state index in [4.69, 9.17) is 9.84 Å². The largest absolute Gasteiger partial charge is 0.479 e. The number of ether oxygens (including phenoxy) is 1. The molecule has 0 radical (unpaired) electrons. The van der Waals surface area contributed by atoms with Gasteiger partial charge in [0.25, 0.3) is 0 Å². The number of amides is 2. The van der Waals surface area contributed by atoms with E-state index in [-0.39, 0.29) is 31.4 Å². The molecule has 0 saturated heterocycles. The molecule has 8 nitrogen and oxygen atoms in total. The fourth-order valence-corrected chi connectivity index (χ4v) is 3.72. The number of carbonyl (C=O) groups is 3. The summed E-state index contributed by atoms with van der Waals surface area (Å²) in [5.41, 5.74) is 6.69. The van der Waals surface area contributed by atoms with Crippen molar-refractivity contribution in [2.75, 3.05) is 19.8 Å². The van der Waals surface area contributed by atoms with Crippen molar-refractivity contribution in [3.05, 3.63) is 59.7 Å². The van der Waals surface area contributed by atoms with Crippen molar-refractivity contribution in [1.29, 1.82) is 0 Å². The molecule has 1 atom stereocenters. The summed E-state index contributed by atoms with van der Waals surface area (Å²) in [6.45, 7) is 1.77. The minimum Gasteiger partial charge on any atom is -0.479 e. The van der Waals surface area contributed by atoms with Gasteiger partial charge in [0, 0.05) is 18.9 Å². The lowest BCUT2D eigenvalue weighted by molar-refractivity contribution is -0.149. The number of fused-ring (bicyclic) bond motifs is 3. The highest BCUT2D eigenvalue weighted by molar-refractivity contribution is 5.79. The van der Waals surface area contributed by atoms with E-state index in [0.717, 1.165) is 22.3 Å². The molecule has 2 aromatic rings. The highest BCUT2D eigenvalue weighted by Crippen LogP contribution is 2.44. The van der Waals surface area contributed by atoms with Crippen molar-refractivity contribution < 1.29 is 29.1 Å². The highest BCUT2D eigenvalue weighted by atomic mass is 16.7. The zero-order chi connectivity index (χ0) is 22.2. The lowest BCUT2D eigenvalue weighted by Gasteiger charge is -2.17. The first-order valence-corrected chi connectivity index (χ1v) is 10.2. The van der Waals surface area contributed by atoms with Gasteiger partial charge in [-0.1, -0.05) is 61.9 Å². The molecule has 1 aliphatic rings. The second kappa shape index (κ2) is 10.6. The van der Waals surface area contributed by atoms with E-state index in [0.29, 0.717) is 6.42 Å². The third kappa shape index (κ3) is 5.82. The Labute approximate surface area is 180 Å². The summed E-state index contributed by atoms with van der Waals surface area (Å²) in [7, 11) is 0. The van der Waals surface area contributed by atoms with E-state index in [1.54, 1.807) is 0 Å². The number of alkyl carbamates (subject to hydrolysis) is 1. The van der Waals surface area contributed by atoms with E-state index >= 15 is 0 Å². The van der Waals surface area contributed by atoms with Crippen LogP contribution in [0.25, 0.3) is 11.1 Å². The molecule has 0 heterocycles. The zero-order valence-corrected chi connectivity index (χ0v) is 17.3. The van der Waals surface area contributed by atoms with Crippen molar-refractivity contribution in [3.63, 3.8) is 0 Å². The van der Waals surface area contributed by atoms with Gasteiger partial charge in [-0.05, 0) is 28.2 Å². The summed E-state index contributed by atoms with van der Waals surface area (Å²) in [4.78, 5) is 39.0. The first-order valence-electron chi connectivity index (χ1n) is 10.2. The molecule has 0 spiro atoms. The molecule has 3 N–H and O–H groups in total. The van der Waals surface area contributed by atoms with Gasteiger partial charge in [-0.2, -0.15) is 0 Å². The van der Waals surface area contributed by atoms with Gasteiger partial charge in [-0.15, -0.1) is 0 Å². The average Bonchev–Trinajstić information content (AvgIpc) is 3.08. The Morgan fingerprint density at radius 3 is 2.23 bits per heavy atom. The van der Waals surface area contributed by atoms with Crippen LogP contribution in [0.5, 0.6) is 0 Å². The molecule has 0 saturated carbocycles. The number of hydroxylamine groups is 1. The zero-order valence-electron chi connectivity index (χ0n) is 17.3. The fourth-order valence-electron chi connectivity index (χ4n) is 3.72. The van der Waals surface area contributed by atoms with Crippen LogP contribution in [0, 0.1) is 5.92 Å². The maximum Gasteiger partial charge on any atom is 0.407 e.